The van der Waals surface area contributed by atoms with Crippen molar-refractivity contribution in [3.05, 3.63) is 35.8 Å². The molecule has 0 unspecified atom stereocenters. The molecule has 0 atom stereocenters. The Labute approximate surface area is 108 Å². The van der Waals surface area contributed by atoms with Crippen LogP contribution in [-0.2, 0) is 0 Å². The molecule has 0 radical (unpaired) electrons. The minimum Gasteiger partial charge on any atom is -0.493 e. The van der Waals surface area contributed by atoms with Gasteiger partial charge >= 0.3 is 0 Å². The maximum absolute atomic E-state index is 13.4. The summed E-state index contributed by atoms with van der Waals surface area (Å²) in [5, 5.41) is 0. The standard InChI is InChI=1S/C15H20FNO/c16-14-8-13(6-7-17)9-15(10-14)18-11-12-4-2-1-3-5-12/h6-10,12H,1-5,11,17H2/b7-6+. The van der Waals surface area contributed by atoms with E-state index in [0.717, 1.165) is 5.56 Å². The van der Waals surface area contributed by atoms with E-state index in [1.807, 2.05) is 6.07 Å². The molecule has 3 heteroatoms. The molecule has 2 N–H and O–H groups in total. The first-order valence-corrected chi connectivity index (χ1v) is 6.59. The molecule has 1 fully saturated rings. The average Bonchev–Trinajstić information content (AvgIpc) is 2.37. The number of hydrogen-bond acceptors (Lipinski definition) is 2. The molecule has 0 saturated heterocycles. The summed E-state index contributed by atoms with van der Waals surface area (Å²) in [6, 6.07) is 4.68. The molecular weight excluding hydrogens is 229 g/mol. The molecule has 0 aromatic heterocycles. The second kappa shape index (κ2) is 6.43. The number of hydrogen-bond donors (Lipinski definition) is 1. The normalized spacial score (nSPS) is 17.2. The Hall–Kier alpha value is -1.51. The molecule has 18 heavy (non-hydrogen) atoms. The minimum atomic E-state index is -0.288. The quantitative estimate of drug-likeness (QED) is 0.882. The highest BCUT2D eigenvalue weighted by Gasteiger charge is 2.14. The Morgan fingerprint density at radius 3 is 2.72 bits per heavy atom. The molecule has 0 amide bonds. The number of rotatable bonds is 4. The molecule has 0 bridgehead atoms. The lowest BCUT2D eigenvalue weighted by molar-refractivity contribution is 0.208. The fourth-order valence-electron chi connectivity index (χ4n) is 2.44. The van der Waals surface area contributed by atoms with E-state index in [9.17, 15) is 4.39 Å². The highest BCUT2D eigenvalue weighted by Crippen LogP contribution is 2.25. The molecular formula is C15H20FNO. The van der Waals surface area contributed by atoms with Crippen LogP contribution in [0.25, 0.3) is 6.08 Å². The van der Waals surface area contributed by atoms with Crippen LogP contribution < -0.4 is 10.5 Å². The van der Waals surface area contributed by atoms with Crippen LogP contribution in [0.3, 0.4) is 0 Å². The van der Waals surface area contributed by atoms with Gasteiger partial charge in [-0.2, -0.15) is 0 Å². The zero-order valence-electron chi connectivity index (χ0n) is 10.6. The molecule has 2 nitrogen and oxygen atoms in total. The third kappa shape index (κ3) is 3.76. The molecule has 0 spiro atoms. The lowest BCUT2D eigenvalue weighted by Gasteiger charge is -2.21. The Morgan fingerprint density at radius 1 is 1.22 bits per heavy atom. The summed E-state index contributed by atoms with van der Waals surface area (Å²) in [5.74, 6) is 0.924. The monoisotopic (exact) mass is 249 g/mol. The van der Waals surface area contributed by atoms with Gasteiger partial charge in [0.25, 0.3) is 0 Å². The summed E-state index contributed by atoms with van der Waals surface area (Å²) in [7, 11) is 0. The summed E-state index contributed by atoms with van der Waals surface area (Å²) in [6.45, 7) is 0.690. The van der Waals surface area contributed by atoms with E-state index >= 15 is 0 Å². The molecule has 0 aliphatic heterocycles. The number of ether oxygens (including phenoxy) is 1. The molecule has 0 heterocycles. The van der Waals surface area contributed by atoms with Gasteiger partial charge < -0.3 is 10.5 Å². The maximum Gasteiger partial charge on any atom is 0.127 e. The van der Waals surface area contributed by atoms with Gasteiger partial charge in [-0.15, -0.1) is 0 Å². The Kier molecular flexibility index (Phi) is 4.62. The Bertz CT molecular complexity index is 411. The summed E-state index contributed by atoms with van der Waals surface area (Å²) >= 11 is 0. The van der Waals surface area contributed by atoms with Gasteiger partial charge in [0.2, 0.25) is 0 Å². The molecule has 1 aromatic rings. The van der Waals surface area contributed by atoms with Crippen LogP contribution in [0.15, 0.2) is 24.4 Å². The molecule has 1 aromatic carbocycles. The van der Waals surface area contributed by atoms with Crippen LogP contribution >= 0.6 is 0 Å². The van der Waals surface area contributed by atoms with Gasteiger partial charge in [0, 0.05) is 6.07 Å². The first-order valence-electron chi connectivity index (χ1n) is 6.59. The highest BCUT2D eigenvalue weighted by atomic mass is 19.1. The Morgan fingerprint density at radius 2 is 2.00 bits per heavy atom. The van der Waals surface area contributed by atoms with E-state index < -0.39 is 0 Å². The third-order valence-corrected chi connectivity index (χ3v) is 3.39. The van der Waals surface area contributed by atoms with Crippen LogP contribution in [0, 0.1) is 11.7 Å². The molecule has 1 aliphatic carbocycles. The van der Waals surface area contributed by atoms with Gasteiger partial charge in [-0.3, -0.25) is 0 Å². The van der Waals surface area contributed by atoms with E-state index in [4.69, 9.17) is 10.5 Å². The van der Waals surface area contributed by atoms with Crippen molar-refractivity contribution in [1.29, 1.82) is 0 Å². The molecule has 98 valence electrons. The van der Waals surface area contributed by atoms with E-state index in [0.29, 0.717) is 18.3 Å². The second-order valence-electron chi connectivity index (χ2n) is 4.89. The van der Waals surface area contributed by atoms with Gasteiger partial charge in [0.05, 0.1) is 6.61 Å². The molecule has 1 saturated carbocycles. The Balaban J connectivity index is 1.95. The van der Waals surface area contributed by atoms with Crippen LogP contribution in [-0.4, -0.2) is 6.61 Å². The molecule has 2 rings (SSSR count). The van der Waals surface area contributed by atoms with E-state index in [1.54, 1.807) is 6.08 Å². The zero-order chi connectivity index (χ0) is 12.8. The van der Waals surface area contributed by atoms with Gasteiger partial charge in [0.15, 0.2) is 0 Å². The average molecular weight is 249 g/mol. The van der Waals surface area contributed by atoms with Crippen molar-refractivity contribution >= 4 is 6.08 Å². The first-order chi connectivity index (χ1) is 8.78. The van der Waals surface area contributed by atoms with Crippen LogP contribution in [0.2, 0.25) is 0 Å². The summed E-state index contributed by atoms with van der Waals surface area (Å²) in [5.41, 5.74) is 6.04. The van der Waals surface area contributed by atoms with Crippen molar-refractivity contribution in [3.8, 4) is 5.75 Å². The van der Waals surface area contributed by atoms with Crippen molar-refractivity contribution in [2.75, 3.05) is 6.61 Å². The fourth-order valence-corrected chi connectivity index (χ4v) is 2.44. The van der Waals surface area contributed by atoms with Gasteiger partial charge in [0.1, 0.15) is 11.6 Å². The van der Waals surface area contributed by atoms with Gasteiger partial charge in [-0.25, -0.2) is 4.39 Å². The van der Waals surface area contributed by atoms with Crippen molar-refractivity contribution in [1.82, 2.24) is 0 Å². The minimum absolute atomic E-state index is 0.288. The van der Waals surface area contributed by atoms with Crippen molar-refractivity contribution in [3.63, 3.8) is 0 Å². The number of benzene rings is 1. The number of halogens is 1. The van der Waals surface area contributed by atoms with Crippen LogP contribution in [0.4, 0.5) is 4.39 Å². The maximum atomic E-state index is 13.4. The first kappa shape index (κ1) is 12.9. The smallest absolute Gasteiger partial charge is 0.127 e. The summed E-state index contributed by atoms with van der Waals surface area (Å²) in [4.78, 5) is 0. The van der Waals surface area contributed by atoms with E-state index in [1.165, 1.54) is 50.4 Å². The lowest BCUT2D eigenvalue weighted by atomic mass is 9.90. The second-order valence-corrected chi connectivity index (χ2v) is 4.89. The van der Waals surface area contributed by atoms with E-state index in [2.05, 4.69) is 0 Å². The molecule has 1 aliphatic rings. The summed E-state index contributed by atoms with van der Waals surface area (Å²) in [6.07, 6.45) is 9.44. The zero-order valence-corrected chi connectivity index (χ0v) is 10.6. The number of nitrogens with two attached hydrogens (primary N) is 1. The van der Waals surface area contributed by atoms with Gasteiger partial charge in [-0.1, -0.05) is 19.3 Å². The van der Waals surface area contributed by atoms with Crippen LogP contribution in [0.1, 0.15) is 37.7 Å². The van der Waals surface area contributed by atoms with E-state index in [-0.39, 0.29) is 5.82 Å². The van der Waals surface area contributed by atoms with Crippen molar-refractivity contribution in [2.24, 2.45) is 11.7 Å². The largest absolute Gasteiger partial charge is 0.493 e. The summed E-state index contributed by atoms with van der Waals surface area (Å²) < 4.78 is 19.1. The predicted octanol–water partition coefficient (Wildman–Crippen LogP) is 3.71. The van der Waals surface area contributed by atoms with Crippen molar-refractivity contribution in [2.45, 2.75) is 32.1 Å². The van der Waals surface area contributed by atoms with Crippen molar-refractivity contribution < 1.29 is 9.13 Å². The fraction of sp³-hybridized carbons (Fsp3) is 0.467. The lowest BCUT2D eigenvalue weighted by Crippen LogP contribution is -2.15. The van der Waals surface area contributed by atoms with Gasteiger partial charge in [-0.05, 0) is 48.7 Å². The highest BCUT2D eigenvalue weighted by molar-refractivity contribution is 5.51. The third-order valence-electron chi connectivity index (χ3n) is 3.39. The van der Waals surface area contributed by atoms with Crippen LogP contribution in [0.5, 0.6) is 5.75 Å². The SMILES string of the molecule is N/C=C/c1cc(F)cc(OCC2CCCCC2)c1. The topological polar surface area (TPSA) is 35.2 Å². The predicted molar refractivity (Wildman–Crippen MR) is 71.7 cm³/mol.